The molecule has 5 heteroatoms. The third kappa shape index (κ3) is 8.31. The van der Waals surface area contributed by atoms with E-state index in [1.54, 1.807) is 6.07 Å². The molecule has 70 heavy (non-hydrogen) atoms. The molecule has 0 unspecified atom stereocenters. The van der Waals surface area contributed by atoms with Crippen LogP contribution in [0, 0.1) is 19.0 Å². The van der Waals surface area contributed by atoms with E-state index in [-0.39, 0.29) is 42.9 Å². The number of aryl methyl sites for hydroxylation is 1. The third-order valence-electron chi connectivity index (χ3n) is 13.5. The molecule has 3 heterocycles. The molecule has 12 aromatic rings. The van der Waals surface area contributed by atoms with Gasteiger partial charge in [0.15, 0.2) is 0 Å². The van der Waals surface area contributed by atoms with Crippen molar-refractivity contribution >= 4 is 65.3 Å². The van der Waals surface area contributed by atoms with Gasteiger partial charge in [-0.15, -0.1) is 53.6 Å². The van der Waals surface area contributed by atoms with Gasteiger partial charge in [-0.3, -0.25) is 4.98 Å². The molecule has 0 N–H and O–H groups in total. The zero-order valence-electron chi connectivity index (χ0n) is 43.5. The molecule has 0 aliphatic heterocycles. The number of imidazole rings is 1. The summed E-state index contributed by atoms with van der Waals surface area (Å²) in [5, 5.41) is 7.82. The summed E-state index contributed by atoms with van der Waals surface area (Å²) in [6.07, 6.45) is 1.87. The Kier molecular flexibility index (Phi) is 11.4. The first-order chi connectivity index (χ1) is 34.6. The molecule has 0 saturated carbocycles. The van der Waals surface area contributed by atoms with Gasteiger partial charge < -0.3 is 14.0 Å². The third-order valence-corrected chi connectivity index (χ3v) is 13.5. The van der Waals surface area contributed by atoms with Gasteiger partial charge in [-0.25, -0.2) is 0 Å². The van der Waals surface area contributed by atoms with Gasteiger partial charge in [-0.05, 0) is 114 Å². The van der Waals surface area contributed by atoms with E-state index in [4.69, 9.17) is 13.5 Å². The Morgan fingerprint density at radius 1 is 0.629 bits per heavy atom. The summed E-state index contributed by atoms with van der Waals surface area (Å²) >= 11 is 0. The second kappa shape index (κ2) is 18.6. The van der Waals surface area contributed by atoms with Crippen LogP contribution in [-0.2, 0) is 25.5 Å². The zero-order valence-corrected chi connectivity index (χ0v) is 42.9. The smallest absolute Gasteiger partial charge is 0.121 e. The number of rotatable bonds is 6. The van der Waals surface area contributed by atoms with Gasteiger partial charge in [-0.2, -0.15) is 0 Å². The number of nitrogens with zero attached hydrogens (tertiary/aromatic N) is 3. The van der Waals surface area contributed by atoms with Gasteiger partial charge in [-0.1, -0.05) is 169 Å². The summed E-state index contributed by atoms with van der Waals surface area (Å²) < 4.78 is 35.2. The van der Waals surface area contributed by atoms with Crippen LogP contribution in [-0.4, -0.2) is 14.5 Å². The number of furan rings is 1. The average molecular weight is 1090 g/mol. The predicted molar refractivity (Wildman–Crippen MR) is 291 cm³/mol. The molecule has 0 fully saturated rings. The molecule has 12 rings (SSSR count). The molecule has 1 radical (unpaired) electrons. The van der Waals surface area contributed by atoms with E-state index in [0.29, 0.717) is 27.9 Å². The summed E-state index contributed by atoms with van der Waals surface area (Å²) in [6, 6.07) is 65.0. The topological polar surface area (TPSA) is 43.9 Å². The molecule has 0 atom stereocenters. The molecular weight excluding hydrogens is 1030 g/mol. The van der Waals surface area contributed by atoms with E-state index in [2.05, 4.69) is 191 Å². The second-order valence-corrected chi connectivity index (χ2v) is 19.8. The maximum atomic E-state index is 8.69. The standard InChI is InChI=1S/C50H39N2O.C15H16N.Ir/c1-29(2)40-25-36(32-13-7-6-8-14-32)26-41(30(3)4)47(40)52-48-38-18-12-10-16-34(38)22-24-44(48)51-50(52)39-23-19-31(5)46-43-28-42-35(27-45(43)53-49(39)46)21-20-33-15-9-11-17-37(33)42;1-15(2,3)13-9-10-16-14(11-13)12-7-5-4-6-8-12;/h6-22,24-30H,1-5H3;4-7,9-11H,1-3H3;/q2*-1;/i5D3;;. The Balaban J connectivity index is 0.000000307. The molecule has 9 aromatic carbocycles. The number of fused-ring (bicyclic) bond motifs is 9. The van der Waals surface area contributed by atoms with Crippen molar-refractivity contribution in [1.29, 1.82) is 0 Å². The summed E-state index contributed by atoms with van der Waals surface area (Å²) in [6.45, 7) is 13.2. The van der Waals surface area contributed by atoms with E-state index in [1.807, 2.05) is 48.7 Å². The number of pyridine rings is 1. The molecule has 0 aliphatic rings. The molecule has 0 aliphatic carbocycles. The van der Waals surface area contributed by atoms with Crippen molar-refractivity contribution in [2.75, 3.05) is 0 Å². The van der Waals surface area contributed by atoms with Crippen molar-refractivity contribution in [2.24, 2.45) is 0 Å². The quantitative estimate of drug-likeness (QED) is 0.123. The van der Waals surface area contributed by atoms with E-state index in [0.717, 1.165) is 65.7 Å². The van der Waals surface area contributed by atoms with Gasteiger partial charge in [0.25, 0.3) is 0 Å². The fraction of sp³-hybridized carbons (Fsp3) is 0.169. The first kappa shape index (κ1) is 42.9. The van der Waals surface area contributed by atoms with Crippen LogP contribution in [0.3, 0.4) is 0 Å². The zero-order chi connectivity index (χ0) is 50.1. The molecule has 347 valence electrons. The minimum Gasteiger partial charge on any atom is -0.501 e. The van der Waals surface area contributed by atoms with E-state index in [9.17, 15) is 0 Å². The minimum absolute atomic E-state index is 0. The fourth-order valence-electron chi connectivity index (χ4n) is 9.93. The average Bonchev–Trinajstić information content (AvgIpc) is 3.96. The minimum atomic E-state index is -2.41. The maximum Gasteiger partial charge on any atom is 0.121 e. The molecule has 4 nitrogen and oxygen atoms in total. The Hall–Kier alpha value is -7.17. The van der Waals surface area contributed by atoms with Crippen LogP contribution >= 0.6 is 0 Å². The number of hydrogen-bond donors (Lipinski definition) is 0. The second-order valence-electron chi connectivity index (χ2n) is 19.8. The van der Waals surface area contributed by atoms with Crippen molar-refractivity contribution < 1.29 is 28.6 Å². The molecule has 0 saturated heterocycles. The normalized spacial score (nSPS) is 12.7. The summed E-state index contributed by atoms with van der Waals surface area (Å²) in [7, 11) is 0. The van der Waals surface area contributed by atoms with E-state index in [1.165, 1.54) is 27.8 Å². The van der Waals surface area contributed by atoms with Crippen LogP contribution in [0.4, 0.5) is 0 Å². The van der Waals surface area contributed by atoms with Gasteiger partial charge in [0.05, 0.1) is 22.4 Å². The summed E-state index contributed by atoms with van der Waals surface area (Å²) in [5.74, 6) is 0.993. The predicted octanol–water partition coefficient (Wildman–Crippen LogP) is 17.9. The molecule has 0 bridgehead atoms. The monoisotopic (exact) mass is 1090 g/mol. The van der Waals surface area contributed by atoms with Crippen LogP contribution in [0.2, 0.25) is 0 Å². The summed E-state index contributed by atoms with van der Waals surface area (Å²) in [4.78, 5) is 9.82. The fourth-order valence-corrected chi connectivity index (χ4v) is 9.93. The van der Waals surface area contributed by atoms with Gasteiger partial charge in [0.2, 0.25) is 0 Å². The first-order valence-corrected chi connectivity index (χ1v) is 23.9. The van der Waals surface area contributed by atoms with Crippen molar-refractivity contribution in [3.8, 4) is 39.5 Å². The Bertz CT molecular complexity index is 3990. The molecule has 0 amide bonds. The van der Waals surface area contributed by atoms with Crippen molar-refractivity contribution in [2.45, 2.75) is 72.6 Å². The van der Waals surface area contributed by atoms with Gasteiger partial charge in [0.1, 0.15) is 5.58 Å². The number of aromatic nitrogens is 3. The van der Waals surface area contributed by atoms with Crippen molar-refractivity contribution in [1.82, 2.24) is 14.5 Å². The SMILES string of the molecule is CC(C)(C)c1ccnc(-c2[c-]cccc2)c1.[2H]C([2H])([2H])c1c[c-]c(-c2nc3ccc4ccccc4c3n2-c2c(C(C)C)cc(-c3ccccc3)cc2C(C)C)c2oc3cc4ccc5ccccc5c4cc3c12.[Ir]. The maximum absolute atomic E-state index is 8.69. The number of benzene rings is 9. The van der Waals surface area contributed by atoms with Crippen LogP contribution in [0.25, 0.3) is 105 Å². The first-order valence-electron chi connectivity index (χ1n) is 25.4. The van der Waals surface area contributed by atoms with Crippen LogP contribution in [0.1, 0.15) is 86.7 Å². The largest absolute Gasteiger partial charge is 0.501 e. The molecule has 0 spiro atoms. The molecular formula is C65H55IrN3O-2. The van der Waals surface area contributed by atoms with Crippen molar-refractivity contribution in [3.63, 3.8) is 0 Å². The van der Waals surface area contributed by atoms with Crippen LogP contribution in [0.5, 0.6) is 0 Å². The van der Waals surface area contributed by atoms with Gasteiger partial charge in [0, 0.05) is 46.9 Å². The van der Waals surface area contributed by atoms with Crippen LogP contribution < -0.4 is 0 Å². The Morgan fingerprint density at radius 2 is 1.30 bits per heavy atom. The Morgan fingerprint density at radius 3 is 2.00 bits per heavy atom. The van der Waals surface area contributed by atoms with E-state index >= 15 is 0 Å². The van der Waals surface area contributed by atoms with Crippen LogP contribution in [0.15, 0.2) is 180 Å². The van der Waals surface area contributed by atoms with Gasteiger partial charge >= 0.3 is 0 Å². The van der Waals surface area contributed by atoms with E-state index < -0.39 is 6.85 Å². The number of hydrogen-bond acceptors (Lipinski definition) is 3. The Labute approximate surface area is 428 Å². The van der Waals surface area contributed by atoms with Crippen molar-refractivity contribution in [3.05, 3.63) is 210 Å². The summed E-state index contributed by atoms with van der Waals surface area (Å²) in [5.41, 5.74) is 13.1. The molecule has 3 aromatic heterocycles.